The highest BCUT2D eigenvalue weighted by molar-refractivity contribution is 7.99. The van der Waals surface area contributed by atoms with E-state index in [1.54, 1.807) is 11.8 Å². The van der Waals surface area contributed by atoms with Crippen molar-refractivity contribution in [2.24, 2.45) is 5.92 Å². The van der Waals surface area contributed by atoms with E-state index in [4.69, 9.17) is 4.74 Å². The van der Waals surface area contributed by atoms with Gasteiger partial charge in [-0.25, -0.2) is 0 Å². The summed E-state index contributed by atoms with van der Waals surface area (Å²) in [7, 11) is 0. The van der Waals surface area contributed by atoms with Crippen LogP contribution in [-0.4, -0.2) is 31.4 Å². The molecule has 1 fully saturated rings. The smallest absolute Gasteiger partial charge is 0.223 e. The van der Waals surface area contributed by atoms with Crippen molar-refractivity contribution in [2.45, 2.75) is 31.6 Å². The van der Waals surface area contributed by atoms with Gasteiger partial charge in [0.25, 0.3) is 0 Å². The first-order chi connectivity index (χ1) is 9.66. The van der Waals surface area contributed by atoms with Crippen LogP contribution in [0.1, 0.15) is 24.0 Å². The molecule has 1 aromatic carbocycles. The number of thioether (sulfide) groups is 1. The summed E-state index contributed by atoms with van der Waals surface area (Å²) in [6.45, 7) is 6.42. The number of hydrogen-bond donors (Lipinski definition) is 1. The van der Waals surface area contributed by atoms with E-state index >= 15 is 0 Å². The molecule has 0 bridgehead atoms. The van der Waals surface area contributed by atoms with Crippen molar-refractivity contribution in [3.05, 3.63) is 29.3 Å². The highest BCUT2D eigenvalue weighted by Gasteiger charge is 2.20. The molecule has 1 saturated heterocycles. The molecule has 1 heterocycles. The molecule has 3 nitrogen and oxygen atoms in total. The molecule has 4 heteroatoms. The molecule has 20 heavy (non-hydrogen) atoms. The lowest BCUT2D eigenvalue weighted by atomic mass is 10.00. The van der Waals surface area contributed by atoms with Gasteiger partial charge < -0.3 is 10.1 Å². The maximum Gasteiger partial charge on any atom is 0.223 e. The molecule has 1 N–H and O–H groups in total. The Morgan fingerprint density at radius 2 is 2.05 bits per heavy atom. The van der Waals surface area contributed by atoms with Gasteiger partial charge in [0.05, 0.1) is 0 Å². The fourth-order valence-corrected chi connectivity index (χ4v) is 3.12. The van der Waals surface area contributed by atoms with Gasteiger partial charge in [0.1, 0.15) is 0 Å². The molecule has 0 atom stereocenters. The Labute approximate surface area is 125 Å². The number of carbonyl (C=O) groups is 1. The molecule has 1 aromatic rings. The Bertz CT molecular complexity index is 456. The molecule has 0 aliphatic carbocycles. The second-order valence-corrected chi connectivity index (χ2v) is 6.44. The van der Waals surface area contributed by atoms with Crippen LogP contribution in [0.3, 0.4) is 0 Å². The van der Waals surface area contributed by atoms with Crippen molar-refractivity contribution in [2.75, 3.05) is 25.5 Å². The number of hydrogen-bond acceptors (Lipinski definition) is 3. The fraction of sp³-hybridized carbons (Fsp3) is 0.562. The molecule has 2 rings (SSSR count). The molecule has 1 amide bonds. The van der Waals surface area contributed by atoms with Crippen LogP contribution in [0.25, 0.3) is 0 Å². The molecule has 0 unspecified atom stereocenters. The van der Waals surface area contributed by atoms with E-state index in [0.717, 1.165) is 38.4 Å². The predicted molar refractivity (Wildman–Crippen MR) is 83.2 cm³/mol. The van der Waals surface area contributed by atoms with Crippen molar-refractivity contribution in [1.82, 2.24) is 5.32 Å². The zero-order valence-corrected chi connectivity index (χ0v) is 13.1. The van der Waals surface area contributed by atoms with Gasteiger partial charge in [-0.15, -0.1) is 11.8 Å². The Morgan fingerprint density at radius 3 is 2.75 bits per heavy atom. The maximum atomic E-state index is 11.9. The van der Waals surface area contributed by atoms with Gasteiger partial charge in [0.15, 0.2) is 0 Å². The third-order valence-electron chi connectivity index (χ3n) is 3.74. The Hall–Kier alpha value is -1.00. The monoisotopic (exact) mass is 293 g/mol. The van der Waals surface area contributed by atoms with E-state index in [2.05, 4.69) is 37.4 Å². The predicted octanol–water partition coefficient (Wildman–Crippen LogP) is 2.94. The van der Waals surface area contributed by atoms with Crippen LogP contribution < -0.4 is 5.32 Å². The minimum atomic E-state index is 0.148. The molecule has 1 aliphatic rings. The third-order valence-corrected chi connectivity index (χ3v) is 4.74. The van der Waals surface area contributed by atoms with Crippen LogP contribution in [0, 0.1) is 19.8 Å². The summed E-state index contributed by atoms with van der Waals surface area (Å²) in [5, 5.41) is 3.03. The van der Waals surface area contributed by atoms with Gasteiger partial charge in [0, 0.05) is 36.3 Å². The number of ether oxygens (including phenoxy) is 1. The summed E-state index contributed by atoms with van der Waals surface area (Å²) in [6, 6.07) is 6.51. The van der Waals surface area contributed by atoms with E-state index in [-0.39, 0.29) is 11.8 Å². The lowest BCUT2D eigenvalue weighted by Gasteiger charge is -2.21. The SMILES string of the molecule is Cc1ccc(SCCNC(=O)C2CCOCC2)cc1C. The lowest BCUT2D eigenvalue weighted by molar-refractivity contribution is -0.127. The average Bonchev–Trinajstić information content (AvgIpc) is 2.48. The van der Waals surface area contributed by atoms with Crippen molar-refractivity contribution in [3.8, 4) is 0 Å². The van der Waals surface area contributed by atoms with E-state index < -0.39 is 0 Å². The number of aryl methyl sites for hydroxylation is 2. The van der Waals surface area contributed by atoms with E-state index in [1.165, 1.54) is 16.0 Å². The van der Waals surface area contributed by atoms with Crippen LogP contribution in [0.15, 0.2) is 23.1 Å². The van der Waals surface area contributed by atoms with Crippen LogP contribution in [-0.2, 0) is 9.53 Å². The Kier molecular flexibility index (Phi) is 5.92. The van der Waals surface area contributed by atoms with Gasteiger partial charge in [-0.3, -0.25) is 4.79 Å². The Balaban J connectivity index is 1.68. The minimum absolute atomic E-state index is 0.148. The third kappa shape index (κ3) is 4.53. The molecular formula is C16H23NO2S. The minimum Gasteiger partial charge on any atom is -0.381 e. The van der Waals surface area contributed by atoms with Crippen LogP contribution in [0.5, 0.6) is 0 Å². The summed E-state index contributed by atoms with van der Waals surface area (Å²) in [6.07, 6.45) is 1.71. The van der Waals surface area contributed by atoms with E-state index in [9.17, 15) is 4.79 Å². The van der Waals surface area contributed by atoms with Gasteiger partial charge in [-0.1, -0.05) is 6.07 Å². The summed E-state index contributed by atoms with van der Waals surface area (Å²) in [5.41, 5.74) is 2.64. The van der Waals surface area contributed by atoms with Crippen LogP contribution in [0.2, 0.25) is 0 Å². The highest BCUT2D eigenvalue weighted by Crippen LogP contribution is 2.20. The first-order valence-electron chi connectivity index (χ1n) is 7.22. The number of nitrogens with one attached hydrogen (secondary N) is 1. The molecule has 1 aliphatic heterocycles. The van der Waals surface area contributed by atoms with Crippen molar-refractivity contribution >= 4 is 17.7 Å². The molecular weight excluding hydrogens is 270 g/mol. The highest BCUT2D eigenvalue weighted by atomic mass is 32.2. The van der Waals surface area contributed by atoms with E-state index in [1.807, 2.05) is 0 Å². The molecule has 0 aromatic heterocycles. The molecule has 0 saturated carbocycles. The zero-order chi connectivity index (χ0) is 14.4. The summed E-state index contributed by atoms with van der Waals surface area (Å²) in [5.74, 6) is 1.25. The first kappa shape index (κ1) is 15.4. The summed E-state index contributed by atoms with van der Waals surface area (Å²) < 4.78 is 5.27. The zero-order valence-electron chi connectivity index (χ0n) is 12.3. The summed E-state index contributed by atoms with van der Waals surface area (Å²) in [4.78, 5) is 13.2. The van der Waals surface area contributed by atoms with Gasteiger partial charge in [-0.05, 0) is 49.9 Å². The largest absolute Gasteiger partial charge is 0.381 e. The molecule has 0 radical (unpaired) electrons. The lowest BCUT2D eigenvalue weighted by Crippen LogP contribution is -2.35. The normalized spacial score (nSPS) is 16.1. The van der Waals surface area contributed by atoms with Crippen molar-refractivity contribution < 1.29 is 9.53 Å². The maximum absolute atomic E-state index is 11.9. The topological polar surface area (TPSA) is 38.3 Å². The number of benzene rings is 1. The average molecular weight is 293 g/mol. The number of amides is 1. The number of carbonyl (C=O) groups excluding carboxylic acids is 1. The quantitative estimate of drug-likeness (QED) is 0.670. The van der Waals surface area contributed by atoms with Crippen LogP contribution in [0.4, 0.5) is 0 Å². The fourth-order valence-electron chi connectivity index (χ4n) is 2.25. The van der Waals surface area contributed by atoms with Gasteiger partial charge in [0.2, 0.25) is 5.91 Å². The Morgan fingerprint density at radius 1 is 1.30 bits per heavy atom. The van der Waals surface area contributed by atoms with Gasteiger partial charge in [-0.2, -0.15) is 0 Å². The summed E-state index contributed by atoms with van der Waals surface area (Å²) >= 11 is 1.79. The second kappa shape index (κ2) is 7.70. The number of rotatable bonds is 5. The molecule has 0 spiro atoms. The van der Waals surface area contributed by atoms with Crippen molar-refractivity contribution in [1.29, 1.82) is 0 Å². The first-order valence-corrected chi connectivity index (χ1v) is 8.21. The molecule has 110 valence electrons. The van der Waals surface area contributed by atoms with Crippen molar-refractivity contribution in [3.63, 3.8) is 0 Å². The second-order valence-electron chi connectivity index (χ2n) is 5.27. The van der Waals surface area contributed by atoms with Crippen LogP contribution >= 0.6 is 11.8 Å². The van der Waals surface area contributed by atoms with E-state index in [0.29, 0.717) is 0 Å². The standard InChI is InChI=1S/C16H23NO2S/c1-12-3-4-15(11-13(12)2)20-10-7-17-16(18)14-5-8-19-9-6-14/h3-4,11,14H,5-10H2,1-2H3,(H,17,18). The van der Waals surface area contributed by atoms with Gasteiger partial charge >= 0.3 is 0 Å².